The molecule has 4 heteroatoms. The van der Waals surface area contributed by atoms with Gasteiger partial charge < -0.3 is 9.94 Å². The third-order valence-electron chi connectivity index (χ3n) is 2.02. The Labute approximate surface area is 72.9 Å². The molecule has 2 N–H and O–H groups in total. The van der Waals surface area contributed by atoms with Crippen LogP contribution in [-0.4, -0.2) is 29.6 Å². The van der Waals surface area contributed by atoms with E-state index in [1.165, 1.54) is 14.0 Å². The third kappa shape index (κ3) is 2.55. The molecule has 12 heavy (non-hydrogen) atoms. The van der Waals surface area contributed by atoms with E-state index in [1.54, 1.807) is 13.8 Å². The van der Waals surface area contributed by atoms with E-state index in [0.29, 0.717) is 6.42 Å². The Bertz CT molecular complexity index is 156. The van der Waals surface area contributed by atoms with Gasteiger partial charge in [-0.25, -0.2) is 0 Å². The van der Waals surface area contributed by atoms with Gasteiger partial charge in [0.1, 0.15) is 5.60 Å². The zero-order valence-corrected chi connectivity index (χ0v) is 8.05. The average molecular weight is 175 g/mol. The second-order valence-corrected chi connectivity index (χ2v) is 2.97. The lowest BCUT2D eigenvalue weighted by molar-refractivity contribution is -0.141. The summed E-state index contributed by atoms with van der Waals surface area (Å²) in [6.07, 6.45) is 0.322. The normalized spacial score (nSPS) is 18.4. The molecule has 72 valence electrons. The van der Waals surface area contributed by atoms with Crippen molar-refractivity contribution in [3.8, 4) is 0 Å². The van der Waals surface area contributed by atoms with Crippen LogP contribution in [0, 0.1) is 0 Å². The minimum atomic E-state index is -1.36. The lowest BCUT2D eigenvalue weighted by Gasteiger charge is -2.28. The van der Waals surface area contributed by atoms with E-state index in [0.717, 1.165) is 0 Å². The molecule has 0 aromatic rings. The summed E-state index contributed by atoms with van der Waals surface area (Å²) in [7, 11) is 1.45. The number of rotatable bonds is 5. The summed E-state index contributed by atoms with van der Waals surface area (Å²) in [5, 5.41) is 9.69. The maximum absolute atomic E-state index is 11.2. The smallest absolute Gasteiger partial charge is 0.165 e. The molecule has 0 aromatic carbocycles. The van der Waals surface area contributed by atoms with E-state index in [1.807, 2.05) is 0 Å². The van der Waals surface area contributed by atoms with Crippen LogP contribution < -0.4 is 5.48 Å². The van der Waals surface area contributed by atoms with Gasteiger partial charge in [-0.1, -0.05) is 6.92 Å². The van der Waals surface area contributed by atoms with E-state index in [-0.39, 0.29) is 5.78 Å². The van der Waals surface area contributed by atoms with Gasteiger partial charge in [-0.2, -0.15) is 5.48 Å². The first-order valence-electron chi connectivity index (χ1n) is 4.01. The molecule has 0 aromatic heterocycles. The van der Waals surface area contributed by atoms with Gasteiger partial charge in [0.15, 0.2) is 5.78 Å². The van der Waals surface area contributed by atoms with Crippen LogP contribution in [0.4, 0.5) is 0 Å². The van der Waals surface area contributed by atoms with Gasteiger partial charge in [0, 0.05) is 6.42 Å². The topological polar surface area (TPSA) is 58.6 Å². The predicted octanol–water partition coefficient (Wildman–Crippen LogP) is 0.256. The van der Waals surface area contributed by atoms with Crippen LogP contribution in [0.5, 0.6) is 0 Å². The van der Waals surface area contributed by atoms with Crippen LogP contribution in [0.2, 0.25) is 0 Å². The van der Waals surface area contributed by atoms with Crippen LogP contribution >= 0.6 is 0 Å². The van der Waals surface area contributed by atoms with Crippen LogP contribution in [0.25, 0.3) is 0 Å². The summed E-state index contributed by atoms with van der Waals surface area (Å²) in [5.41, 5.74) is 1.17. The Morgan fingerprint density at radius 2 is 2.25 bits per heavy atom. The lowest BCUT2D eigenvalue weighted by Crippen LogP contribution is -2.51. The second kappa shape index (κ2) is 4.54. The standard InChI is InChI=1S/C8H17NO3/c1-5-7(10)8(3,11)6(2)9-12-4/h6,9,11H,5H2,1-4H3. The van der Waals surface area contributed by atoms with Gasteiger partial charge in [0.25, 0.3) is 0 Å². The van der Waals surface area contributed by atoms with Gasteiger partial charge in [0.05, 0.1) is 13.2 Å². The molecule has 0 bridgehead atoms. The highest BCUT2D eigenvalue weighted by molar-refractivity contribution is 5.87. The third-order valence-corrected chi connectivity index (χ3v) is 2.02. The molecule has 2 atom stereocenters. The predicted molar refractivity (Wildman–Crippen MR) is 45.5 cm³/mol. The fraction of sp³-hybridized carbons (Fsp3) is 0.875. The molecule has 0 saturated heterocycles. The van der Waals surface area contributed by atoms with E-state index in [4.69, 9.17) is 0 Å². The van der Waals surface area contributed by atoms with Crippen molar-refractivity contribution in [2.45, 2.75) is 38.8 Å². The molecular formula is C8H17NO3. The molecule has 0 rings (SSSR count). The van der Waals surface area contributed by atoms with Gasteiger partial charge >= 0.3 is 0 Å². The van der Waals surface area contributed by atoms with E-state index in [9.17, 15) is 9.90 Å². The first-order valence-corrected chi connectivity index (χ1v) is 4.01. The second-order valence-electron chi connectivity index (χ2n) is 2.97. The molecule has 4 nitrogen and oxygen atoms in total. The first-order chi connectivity index (χ1) is 5.46. The van der Waals surface area contributed by atoms with Gasteiger partial charge in [-0.3, -0.25) is 4.79 Å². The number of ketones is 1. The average Bonchev–Trinajstić information content (AvgIpc) is 2.03. The van der Waals surface area contributed by atoms with Crippen molar-refractivity contribution in [3.05, 3.63) is 0 Å². The van der Waals surface area contributed by atoms with Gasteiger partial charge in [0.2, 0.25) is 0 Å². The molecule has 0 fully saturated rings. The first kappa shape index (κ1) is 11.6. The Balaban J connectivity index is 4.26. The summed E-state index contributed by atoms with van der Waals surface area (Å²) in [6, 6.07) is -0.407. The number of nitrogens with one attached hydrogen (secondary N) is 1. The highest BCUT2D eigenvalue weighted by Gasteiger charge is 2.34. The fourth-order valence-corrected chi connectivity index (χ4v) is 0.891. The number of Topliss-reactive ketones (excluding diaryl/α,β-unsaturated/α-hetero) is 1. The quantitative estimate of drug-likeness (QED) is 0.588. The SMILES string of the molecule is CCC(=O)C(C)(O)C(C)NOC. The Morgan fingerprint density at radius 3 is 2.58 bits per heavy atom. The molecule has 0 aliphatic heterocycles. The molecular weight excluding hydrogens is 158 g/mol. The van der Waals surface area contributed by atoms with Crippen molar-refractivity contribution in [3.63, 3.8) is 0 Å². The van der Waals surface area contributed by atoms with Crippen molar-refractivity contribution >= 4 is 5.78 Å². The number of aliphatic hydroxyl groups is 1. The molecule has 0 amide bonds. The Kier molecular flexibility index (Phi) is 4.37. The zero-order chi connectivity index (χ0) is 9.78. The number of hydrogen-bond donors (Lipinski definition) is 2. The summed E-state index contributed by atoms with van der Waals surface area (Å²) in [4.78, 5) is 15.8. The van der Waals surface area contributed by atoms with E-state index < -0.39 is 11.6 Å². The van der Waals surface area contributed by atoms with Crippen molar-refractivity contribution in [2.75, 3.05) is 7.11 Å². The summed E-state index contributed by atoms with van der Waals surface area (Å²) < 4.78 is 0. The van der Waals surface area contributed by atoms with Gasteiger partial charge in [-0.05, 0) is 13.8 Å². The maximum Gasteiger partial charge on any atom is 0.165 e. The Hall–Kier alpha value is -0.450. The largest absolute Gasteiger partial charge is 0.381 e. The molecule has 0 spiro atoms. The van der Waals surface area contributed by atoms with Gasteiger partial charge in [-0.15, -0.1) is 0 Å². The molecule has 0 aliphatic rings. The minimum Gasteiger partial charge on any atom is -0.381 e. The summed E-state index contributed by atoms with van der Waals surface area (Å²) in [6.45, 7) is 4.89. The highest BCUT2D eigenvalue weighted by Crippen LogP contribution is 2.12. The van der Waals surface area contributed by atoms with Crippen molar-refractivity contribution in [2.24, 2.45) is 0 Å². The fourth-order valence-electron chi connectivity index (χ4n) is 0.891. The molecule has 0 saturated carbocycles. The van der Waals surface area contributed by atoms with Crippen molar-refractivity contribution in [1.82, 2.24) is 5.48 Å². The van der Waals surface area contributed by atoms with Crippen LogP contribution in [0.1, 0.15) is 27.2 Å². The zero-order valence-electron chi connectivity index (χ0n) is 8.05. The monoisotopic (exact) mass is 175 g/mol. The molecule has 2 unspecified atom stereocenters. The van der Waals surface area contributed by atoms with Crippen molar-refractivity contribution < 1.29 is 14.7 Å². The highest BCUT2D eigenvalue weighted by atomic mass is 16.6. The number of hydrogen-bond acceptors (Lipinski definition) is 4. The van der Waals surface area contributed by atoms with Crippen LogP contribution in [-0.2, 0) is 9.63 Å². The molecule has 0 heterocycles. The summed E-state index contributed by atoms with van der Waals surface area (Å²) in [5.74, 6) is -0.195. The van der Waals surface area contributed by atoms with E-state index in [2.05, 4.69) is 10.3 Å². The molecule has 0 radical (unpaired) electrons. The summed E-state index contributed by atoms with van der Waals surface area (Å²) >= 11 is 0. The minimum absolute atomic E-state index is 0.195. The number of carbonyl (C=O) groups excluding carboxylic acids is 1. The number of hydroxylamine groups is 1. The van der Waals surface area contributed by atoms with Crippen LogP contribution in [0.3, 0.4) is 0 Å². The molecule has 0 aliphatic carbocycles. The Morgan fingerprint density at radius 1 is 1.75 bits per heavy atom. The number of carbonyl (C=O) groups is 1. The van der Waals surface area contributed by atoms with Crippen molar-refractivity contribution in [1.29, 1.82) is 0 Å². The van der Waals surface area contributed by atoms with E-state index >= 15 is 0 Å². The maximum atomic E-state index is 11.2. The lowest BCUT2D eigenvalue weighted by atomic mass is 9.92. The van der Waals surface area contributed by atoms with Crippen LogP contribution in [0.15, 0.2) is 0 Å².